The van der Waals surface area contributed by atoms with Gasteiger partial charge in [-0.05, 0) is 7.05 Å². The van der Waals surface area contributed by atoms with Crippen LogP contribution >= 0.6 is 0 Å². The molecule has 6 N–H and O–H groups in total. The lowest BCUT2D eigenvalue weighted by molar-refractivity contribution is -0.151. The molecule has 0 radical (unpaired) electrons. The molecular formula is C22H39F2N9O3. The van der Waals surface area contributed by atoms with Crippen molar-refractivity contribution in [2.24, 2.45) is 11.7 Å². The predicted molar refractivity (Wildman–Crippen MR) is 127 cm³/mol. The van der Waals surface area contributed by atoms with Gasteiger partial charge in [-0.3, -0.25) is 19.8 Å². The fraction of sp³-hybridized carbons (Fsp3) is 0.909. The molecule has 0 saturated carbocycles. The van der Waals surface area contributed by atoms with Gasteiger partial charge in [0, 0.05) is 65.4 Å². The number of amides is 2. The summed E-state index contributed by atoms with van der Waals surface area (Å²) in [5.41, 5.74) is 9.16. The molecule has 5 heterocycles. The van der Waals surface area contributed by atoms with Gasteiger partial charge in [0.1, 0.15) is 18.4 Å². The summed E-state index contributed by atoms with van der Waals surface area (Å²) in [6, 6.07) is -0.974. The molecule has 5 aliphatic rings. The zero-order chi connectivity index (χ0) is 25.4. The molecule has 0 spiro atoms. The summed E-state index contributed by atoms with van der Waals surface area (Å²) in [5, 5.41) is 10.8. The molecule has 14 heteroatoms. The number of hydrogen-bond donors (Lipinski definition) is 5. The molecule has 8 unspecified atom stereocenters. The van der Waals surface area contributed by atoms with Crippen LogP contribution in [-0.4, -0.2) is 153 Å². The van der Waals surface area contributed by atoms with Crippen LogP contribution in [-0.2, 0) is 14.3 Å². The molecule has 36 heavy (non-hydrogen) atoms. The molecule has 12 nitrogen and oxygen atoms in total. The summed E-state index contributed by atoms with van der Waals surface area (Å²) in [5.74, 6) is -0.942. The molecule has 5 aliphatic heterocycles. The van der Waals surface area contributed by atoms with E-state index < -0.39 is 48.8 Å². The fourth-order valence-electron chi connectivity index (χ4n) is 6.12. The number of likely N-dealkylation sites (N-methyl/N-ethyl adjacent to an activating group) is 1. The predicted octanol–water partition coefficient (Wildman–Crippen LogP) is -3.76. The maximum absolute atomic E-state index is 15.2. The molecular weight excluding hydrogens is 476 g/mol. The molecule has 0 aromatic carbocycles. The van der Waals surface area contributed by atoms with E-state index in [9.17, 15) is 14.0 Å². The number of halogens is 2. The third-order valence-corrected chi connectivity index (χ3v) is 8.03. The third-order valence-electron chi connectivity index (χ3n) is 8.03. The Bertz CT molecular complexity index is 805. The van der Waals surface area contributed by atoms with E-state index in [0.29, 0.717) is 45.9 Å². The van der Waals surface area contributed by atoms with Gasteiger partial charge in [0.05, 0.1) is 36.9 Å². The van der Waals surface area contributed by atoms with Crippen LogP contribution in [0.25, 0.3) is 0 Å². The Morgan fingerprint density at radius 2 is 1.83 bits per heavy atom. The average Bonchev–Trinajstić information content (AvgIpc) is 3.18. The molecule has 0 aliphatic carbocycles. The second kappa shape index (κ2) is 11.1. The topological polar surface area (TPSA) is 130 Å². The number of nitrogens with one attached hydrogen (secondary N) is 4. The molecule has 204 valence electrons. The smallest absolute Gasteiger partial charge is 0.253 e. The Balaban J connectivity index is 1.19. The largest absolute Gasteiger partial charge is 0.366 e. The van der Waals surface area contributed by atoms with Gasteiger partial charge in [-0.25, -0.2) is 19.2 Å². The van der Waals surface area contributed by atoms with Crippen LogP contribution in [0.4, 0.5) is 8.78 Å². The summed E-state index contributed by atoms with van der Waals surface area (Å²) in [7, 11) is 1.97. The molecule has 2 amide bonds. The first-order valence-electron chi connectivity index (χ1n) is 13.0. The summed E-state index contributed by atoms with van der Waals surface area (Å²) < 4.78 is 34.7. The van der Waals surface area contributed by atoms with Gasteiger partial charge < -0.3 is 30.9 Å². The highest BCUT2D eigenvalue weighted by Crippen LogP contribution is 2.24. The Labute approximate surface area is 210 Å². The number of piperazine rings is 1. The van der Waals surface area contributed by atoms with Gasteiger partial charge in [-0.15, -0.1) is 0 Å². The first-order valence-corrected chi connectivity index (χ1v) is 13.0. The maximum atomic E-state index is 15.2. The van der Waals surface area contributed by atoms with Crippen molar-refractivity contribution in [1.82, 2.24) is 41.1 Å². The highest BCUT2D eigenvalue weighted by molar-refractivity contribution is 5.81. The Morgan fingerprint density at radius 3 is 2.58 bits per heavy atom. The van der Waals surface area contributed by atoms with Crippen molar-refractivity contribution in [1.29, 1.82) is 0 Å². The number of alkyl halides is 2. The zero-order valence-electron chi connectivity index (χ0n) is 20.7. The van der Waals surface area contributed by atoms with Crippen LogP contribution in [0.2, 0.25) is 0 Å². The van der Waals surface area contributed by atoms with Crippen LogP contribution in [0.3, 0.4) is 0 Å². The van der Waals surface area contributed by atoms with Gasteiger partial charge in [0.2, 0.25) is 5.91 Å². The second-order valence-corrected chi connectivity index (χ2v) is 10.5. The number of hydrogen-bond acceptors (Lipinski definition) is 10. The van der Waals surface area contributed by atoms with Gasteiger partial charge in [-0.1, -0.05) is 0 Å². The number of carbonyl (C=O) groups excluding carboxylic acids is 2. The van der Waals surface area contributed by atoms with Crippen molar-refractivity contribution >= 4 is 11.8 Å². The van der Waals surface area contributed by atoms with E-state index in [-0.39, 0.29) is 31.4 Å². The minimum absolute atomic E-state index is 0.0177. The molecule has 5 rings (SSSR count). The van der Waals surface area contributed by atoms with E-state index in [4.69, 9.17) is 10.5 Å². The maximum Gasteiger partial charge on any atom is 0.253 e. The number of morpholine rings is 1. The number of nitrogens with two attached hydrogens (primary N) is 1. The van der Waals surface area contributed by atoms with Crippen LogP contribution in [0.5, 0.6) is 0 Å². The number of ether oxygens (including phenoxy) is 1. The van der Waals surface area contributed by atoms with Gasteiger partial charge in [-0.2, -0.15) is 0 Å². The van der Waals surface area contributed by atoms with E-state index in [1.807, 2.05) is 11.9 Å². The molecule has 5 saturated heterocycles. The van der Waals surface area contributed by atoms with E-state index >= 15 is 4.39 Å². The number of piperidine rings is 1. The molecule has 0 aromatic heterocycles. The highest BCUT2D eigenvalue weighted by Gasteiger charge is 2.48. The number of hydrazine groups is 1. The van der Waals surface area contributed by atoms with Crippen molar-refractivity contribution in [2.75, 3.05) is 79.1 Å². The average molecular weight is 516 g/mol. The van der Waals surface area contributed by atoms with Gasteiger partial charge in [0.15, 0.2) is 0 Å². The SMILES string of the molecule is CN1CCOC(C(=O)N2CCN(C3C(F)CNCC3NC(=O)C3C(N)NN4CC(F)CNC34)CC2)C1. The lowest BCUT2D eigenvalue weighted by Crippen LogP contribution is -2.68. The van der Waals surface area contributed by atoms with Crippen molar-refractivity contribution < 1.29 is 23.1 Å². The van der Waals surface area contributed by atoms with Gasteiger partial charge >= 0.3 is 0 Å². The lowest BCUT2D eigenvalue weighted by Gasteiger charge is -2.46. The Hall–Kier alpha value is -1.52. The highest BCUT2D eigenvalue weighted by atomic mass is 19.1. The lowest BCUT2D eigenvalue weighted by atomic mass is 9.94. The van der Waals surface area contributed by atoms with Crippen molar-refractivity contribution in [2.45, 2.75) is 42.9 Å². The van der Waals surface area contributed by atoms with E-state index in [0.717, 1.165) is 6.54 Å². The van der Waals surface area contributed by atoms with E-state index in [2.05, 4.69) is 26.3 Å². The molecule has 0 aromatic rings. The summed E-state index contributed by atoms with van der Waals surface area (Å²) in [6.45, 7) is 4.89. The number of fused-ring (bicyclic) bond motifs is 1. The monoisotopic (exact) mass is 515 g/mol. The second-order valence-electron chi connectivity index (χ2n) is 10.5. The minimum Gasteiger partial charge on any atom is -0.366 e. The summed E-state index contributed by atoms with van der Waals surface area (Å²) in [6.07, 6.45) is -3.76. The Kier molecular flexibility index (Phi) is 8.03. The Morgan fingerprint density at radius 1 is 1.06 bits per heavy atom. The van der Waals surface area contributed by atoms with Crippen LogP contribution < -0.4 is 27.1 Å². The van der Waals surface area contributed by atoms with Crippen molar-refractivity contribution in [3.63, 3.8) is 0 Å². The first kappa shape index (κ1) is 26.1. The van der Waals surface area contributed by atoms with Crippen molar-refractivity contribution in [3.8, 4) is 0 Å². The van der Waals surface area contributed by atoms with Crippen LogP contribution in [0.15, 0.2) is 0 Å². The van der Waals surface area contributed by atoms with Crippen LogP contribution in [0, 0.1) is 5.92 Å². The normalized spacial score (nSPS) is 41.2. The third kappa shape index (κ3) is 5.36. The summed E-state index contributed by atoms with van der Waals surface area (Å²) >= 11 is 0. The molecule has 5 fully saturated rings. The number of nitrogens with zero attached hydrogens (tertiary/aromatic N) is 4. The number of rotatable bonds is 4. The summed E-state index contributed by atoms with van der Waals surface area (Å²) in [4.78, 5) is 32.2. The molecule has 8 atom stereocenters. The zero-order valence-corrected chi connectivity index (χ0v) is 20.7. The minimum atomic E-state index is -1.17. The van der Waals surface area contributed by atoms with Gasteiger partial charge in [0.25, 0.3) is 5.91 Å². The standard InChI is InChI=1S/C22H39F2N9O3/c1-30-6-7-36-16(12-30)22(35)32-4-2-31(3-5-32)18-14(24)9-26-10-15(18)28-21(34)17-19(25)29-33-11-13(23)8-27-20(17)33/h13-20,26-27,29H,2-12,25H2,1H3,(H,28,34). The van der Waals surface area contributed by atoms with E-state index in [1.165, 1.54) is 0 Å². The van der Waals surface area contributed by atoms with E-state index in [1.54, 1.807) is 9.91 Å². The molecule has 0 bridgehead atoms. The fourth-order valence-corrected chi connectivity index (χ4v) is 6.12. The first-order chi connectivity index (χ1) is 17.3. The number of carbonyl (C=O) groups is 2. The van der Waals surface area contributed by atoms with Crippen molar-refractivity contribution in [3.05, 3.63) is 0 Å². The quantitative estimate of drug-likeness (QED) is 0.255. The van der Waals surface area contributed by atoms with Crippen LogP contribution in [0.1, 0.15) is 0 Å².